The number of halogens is 1. The van der Waals surface area contributed by atoms with Crippen LogP contribution in [0.5, 0.6) is 5.75 Å². The van der Waals surface area contributed by atoms with Gasteiger partial charge in [0, 0.05) is 6.04 Å². The van der Waals surface area contributed by atoms with Crippen molar-refractivity contribution >= 4 is 15.9 Å². The van der Waals surface area contributed by atoms with Gasteiger partial charge in [-0.1, -0.05) is 26.8 Å². The summed E-state index contributed by atoms with van der Waals surface area (Å²) in [5, 5.41) is 3.56. The van der Waals surface area contributed by atoms with Crippen molar-refractivity contribution in [2.24, 2.45) is 0 Å². The summed E-state index contributed by atoms with van der Waals surface area (Å²) in [7, 11) is 0. The quantitative estimate of drug-likeness (QED) is 0.751. The summed E-state index contributed by atoms with van der Waals surface area (Å²) in [5.41, 5.74) is 1.32. The first kappa shape index (κ1) is 15.5. The number of benzene rings is 1. The maximum atomic E-state index is 5.67. The van der Waals surface area contributed by atoms with Crippen molar-refractivity contribution in [2.75, 3.05) is 13.2 Å². The van der Waals surface area contributed by atoms with E-state index in [1.807, 2.05) is 0 Å². The highest BCUT2D eigenvalue weighted by Crippen LogP contribution is 2.29. The second-order valence-corrected chi connectivity index (χ2v) is 5.31. The molecule has 3 heteroatoms. The van der Waals surface area contributed by atoms with Crippen LogP contribution in [0, 0.1) is 0 Å². The molecule has 1 atom stereocenters. The third kappa shape index (κ3) is 4.62. The highest BCUT2D eigenvalue weighted by atomic mass is 79.9. The second-order valence-electron chi connectivity index (χ2n) is 4.45. The van der Waals surface area contributed by atoms with E-state index in [4.69, 9.17) is 4.74 Å². The van der Waals surface area contributed by atoms with Gasteiger partial charge in [0.1, 0.15) is 5.75 Å². The lowest BCUT2D eigenvalue weighted by Gasteiger charge is -2.18. The molecule has 0 saturated heterocycles. The molecule has 1 rings (SSSR count). The van der Waals surface area contributed by atoms with Crippen molar-refractivity contribution in [3.63, 3.8) is 0 Å². The molecule has 0 aromatic heterocycles. The first-order chi connectivity index (χ1) is 8.72. The van der Waals surface area contributed by atoms with E-state index in [1.165, 1.54) is 5.56 Å². The Balaban J connectivity index is 2.74. The lowest BCUT2D eigenvalue weighted by molar-refractivity contribution is 0.315. The number of hydrogen-bond acceptors (Lipinski definition) is 2. The molecule has 1 aromatic rings. The van der Waals surface area contributed by atoms with Crippen LogP contribution in [0.25, 0.3) is 0 Å². The predicted octanol–water partition coefficient (Wildman–Crippen LogP) is 4.69. The van der Waals surface area contributed by atoms with Crippen molar-refractivity contribution in [2.45, 2.75) is 46.1 Å². The van der Waals surface area contributed by atoms with Gasteiger partial charge in [0.2, 0.25) is 0 Å². The van der Waals surface area contributed by atoms with E-state index in [0.717, 1.165) is 42.6 Å². The third-order valence-electron chi connectivity index (χ3n) is 2.87. The molecule has 2 nitrogen and oxygen atoms in total. The fourth-order valence-corrected chi connectivity index (χ4v) is 2.39. The molecule has 1 N–H and O–H groups in total. The highest BCUT2D eigenvalue weighted by molar-refractivity contribution is 9.10. The Labute approximate surface area is 119 Å². The molecule has 0 bridgehead atoms. The fraction of sp³-hybridized carbons (Fsp3) is 0.600. The van der Waals surface area contributed by atoms with Crippen LogP contribution in [0.15, 0.2) is 22.7 Å². The van der Waals surface area contributed by atoms with Gasteiger partial charge in [0.05, 0.1) is 11.1 Å². The summed E-state index contributed by atoms with van der Waals surface area (Å²) in [6.45, 7) is 8.34. The van der Waals surface area contributed by atoms with Gasteiger partial charge in [-0.25, -0.2) is 0 Å². The third-order valence-corrected chi connectivity index (χ3v) is 3.49. The maximum absolute atomic E-state index is 5.67. The van der Waals surface area contributed by atoms with Gasteiger partial charge in [-0.3, -0.25) is 0 Å². The average molecular weight is 314 g/mol. The van der Waals surface area contributed by atoms with E-state index in [2.05, 4.69) is 60.2 Å². The second kappa shape index (κ2) is 8.54. The molecular formula is C15H24BrNO. The summed E-state index contributed by atoms with van der Waals surface area (Å²) < 4.78 is 6.71. The minimum absolute atomic E-state index is 0.432. The van der Waals surface area contributed by atoms with Crippen LogP contribution < -0.4 is 10.1 Å². The molecule has 0 radical (unpaired) electrons. The Morgan fingerprint density at radius 3 is 2.56 bits per heavy atom. The summed E-state index contributed by atoms with van der Waals surface area (Å²) in [6, 6.07) is 6.82. The van der Waals surface area contributed by atoms with Crippen molar-refractivity contribution < 1.29 is 4.74 Å². The molecule has 0 fully saturated rings. The van der Waals surface area contributed by atoms with Crippen LogP contribution in [0.1, 0.15) is 51.6 Å². The van der Waals surface area contributed by atoms with Crippen LogP contribution in [0.2, 0.25) is 0 Å². The minimum Gasteiger partial charge on any atom is -0.492 e. The number of nitrogens with one attached hydrogen (secondary N) is 1. The van der Waals surface area contributed by atoms with Gasteiger partial charge in [0.25, 0.3) is 0 Å². The molecule has 0 aliphatic heterocycles. The van der Waals surface area contributed by atoms with Crippen molar-refractivity contribution in [3.05, 3.63) is 28.2 Å². The molecule has 18 heavy (non-hydrogen) atoms. The highest BCUT2D eigenvalue weighted by Gasteiger charge is 2.10. The lowest BCUT2D eigenvalue weighted by Crippen LogP contribution is -2.21. The van der Waals surface area contributed by atoms with Crippen LogP contribution in [-0.4, -0.2) is 13.2 Å². The van der Waals surface area contributed by atoms with Gasteiger partial charge in [0.15, 0.2) is 0 Å². The van der Waals surface area contributed by atoms with Crippen LogP contribution in [-0.2, 0) is 0 Å². The predicted molar refractivity (Wildman–Crippen MR) is 81.3 cm³/mol. The Bertz CT molecular complexity index is 354. The van der Waals surface area contributed by atoms with Gasteiger partial charge < -0.3 is 10.1 Å². The van der Waals surface area contributed by atoms with E-state index in [0.29, 0.717) is 6.04 Å². The van der Waals surface area contributed by atoms with Crippen LogP contribution in [0.4, 0.5) is 0 Å². The summed E-state index contributed by atoms with van der Waals surface area (Å²) in [5.74, 6) is 0.936. The SMILES string of the molecule is CCCNC(CC)c1ccc(OCCC)c(Br)c1. The van der Waals surface area contributed by atoms with Crippen LogP contribution >= 0.6 is 15.9 Å². The topological polar surface area (TPSA) is 21.3 Å². The molecule has 1 unspecified atom stereocenters. The zero-order valence-corrected chi connectivity index (χ0v) is 13.2. The first-order valence-corrected chi connectivity index (χ1v) is 7.67. The minimum atomic E-state index is 0.432. The van der Waals surface area contributed by atoms with E-state index in [9.17, 15) is 0 Å². The molecule has 0 saturated carbocycles. The van der Waals surface area contributed by atoms with Gasteiger partial charge >= 0.3 is 0 Å². The van der Waals surface area contributed by atoms with Crippen molar-refractivity contribution in [1.29, 1.82) is 0 Å². The normalized spacial score (nSPS) is 12.4. The summed E-state index contributed by atoms with van der Waals surface area (Å²) in [4.78, 5) is 0. The molecule has 0 heterocycles. The van der Waals surface area contributed by atoms with Crippen LogP contribution in [0.3, 0.4) is 0 Å². The monoisotopic (exact) mass is 313 g/mol. The fourth-order valence-electron chi connectivity index (χ4n) is 1.88. The molecule has 0 spiro atoms. The smallest absolute Gasteiger partial charge is 0.133 e. The zero-order chi connectivity index (χ0) is 13.4. The first-order valence-electron chi connectivity index (χ1n) is 6.88. The molecule has 1 aromatic carbocycles. The van der Waals surface area contributed by atoms with Crippen molar-refractivity contribution in [3.8, 4) is 5.75 Å². The summed E-state index contributed by atoms with van der Waals surface area (Å²) in [6.07, 6.45) is 3.29. The van der Waals surface area contributed by atoms with E-state index in [1.54, 1.807) is 0 Å². The van der Waals surface area contributed by atoms with E-state index >= 15 is 0 Å². The maximum Gasteiger partial charge on any atom is 0.133 e. The Kier molecular flexibility index (Phi) is 7.36. The largest absolute Gasteiger partial charge is 0.492 e. The standard InChI is InChI=1S/C15H24BrNO/c1-4-9-17-14(6-3)12-7-8-15(13(16)11-12)18-10-5-2/h7-8,11,14,17H,4-6,9-10H2,1-3H3. The Morgan fingerprint density at radius 1 is 1.22 bits per heavy atom. The number of hydrogen-bond donors (Lipinski definition) is 1. The van der Waals surface area contributed by atoms with Gasteiger partial charge in [-0.2, -0.15) is 0 Å². The van der Waals surface area contributed by atoms with Gasteiger partial charge in [-0.05, 0) is 59.4 Å². The molecular weight excluding hydrogens is 290 g/mol. The van der Waals surface area contributed by atoms with E-state index < -0.39 is 0 Å². The Hall–Kier alpha value is -0.540. The Morgan fingerprint density at radius 2 is 2.00 bits per heavy atom. The van der Waals surface area contributed by atoms with E-state index in [-0.39, 0.29) is 0 Å². The van der Waals surface area contributed by atoms with Crippen molar-refractivity contribution in [1.82, 2.24) is 5.32 Å². The zero-order valence-electron chi connectivity index (χ0n) is 11.6. The molecule has 0 aliphatic carbocycles. The molecule has 0 amide bonds. The molecule has 102 valence electrons. The van der Waals surface area contributed by atoms with Gasteiger partial charge in [-0.15, -0.1) is 0 Å². The summed E-state index contributed by atoms with van der Waals surface area (Å²) >= 11 is 3.59. The number of ether oxygens (including phenoxy) is 1. The average Bonchev–Trinajstić information content (AvgIpc) is 2.38. The molecule has 0 aliphatic rings. The number of rotatable bonds is 8. The lowest BCUT2D eigenvalue weighted by atomic mass is 10.0.